The van der Waals surface area contributed by atoms with Gasteiger partial charge in [0.2, 0.25) is 0 Å². The summed E-state index contributed by atoms with van der Waals surface area (Å²) in [7, 11) is 0. The van der Waals surface area contributed by atoms with Crippen LogP contribution in [0.4, 0.5) is 17.3 Å². The fraction of sp³-hybridized carbons (Fsp3) is 0.389. The third kappa shape index (κ3) is 5.22. The van der Waals surface area contributed by atoms with Crippen LogP contribution >= 0.6 is 0 Å². The van der Waals surface area contributed by atoms with E-state index in [1.165, 1.54) is 19.2 Å². The quantitative estimate of drug-likeness (QED) is 0.535. The number of esters is 1. The van der Waals surface area contributed by atoms with Crippen LogP contribution in [0, 0.1) is 0 Å². The van der Waals surface area contributed by atoms with Crippen molar-refractivity contribution in [3.63, 3.8) is 0 Å². The monoisotopic (exact) mass is 328 g/mol. The van der Waals surface area contributed by atoms with E-state index in [1.807, 2.05) is 18.2 Å². The Labute approximate surface area is 142 Å². The van der Waals surface area contributed by atoms with Crippen molar-refractivity contribution in [1.82, 2.24) is 9.97 Å². The number of nitrogens with zero attached hydrogens (tertiary/aromatic N) is 2. The summed E-state index contributed by atoms with van der Waals surface area (Å²) in [5.74, 6) is 1.03. The maximum absolute atomic E-state index is 12.0. The standard InChI is InChI=1S/C18H24N4O2/c1-3-5-8-11-19-16-12-17(21-13-20-16)22-15-10-7-6-9-14(15)18(23)24-4-2/h6-7,9-10,12-13H,3-5,8,11H2,1-2H3,(H2,19,20,21,22). The predicted octanol–water partition coefficient (Wildman–Crippen LogP) is 4.00. The molecule has 0 saturated heterocycles. The maximum Gasteiger partial charge on any atom is 0.340 e. The molecule has 0 aliphatic carbocycles. The van der Waals surface area contributed by atoms with Gasteiger partial charge >= 0.3 is 5.97 Å². The number of carbonyl (C=O) groups is 1. The number of para-hydroxylation sites is 1. The predicted molar refractivity (Wildman–Crippen MR) is 95.7 cm³/mol. The smallest absolute Gasteiger partial charge is 0.340 e. The summed E-state index contributed by atoms with van der Waals surface area (Å²) in [6.45, 7) is 5.18. The molecule has 6 nitrogen and oxygen atoms in total. The molecule has 0 spiro atoms. The summed E-state index contributed by atoms with van der Waals surface area (Å²) < 4.78 is 5.08. The zero-order valence-corrected chi connectivity index (χ0v) is 14.2. The van der Waals surface area contributed by atoms with Crippen molar-refractivity contribution in [2.45, 2.75) is 33.1 Å². The molecule has 24 heavy (non-hydrogen) atoms. The first-order chi connectivity index (χ1) is 11.7. The lowest BCUT2D eigenvalue weighted by atomic mass is 10.2. The molecule has 0 saturated carbocycles. The summed E-state index contributed by atoms with van der Waals surface area (Å²) in [5, 5.41) is 6.44. The maximum atomic E-state index is 12.0. The number of carbonyl (C=O) groups excluding carboxylic acids is 1. The van der Waals surface area contributed by atoms with Gasteiger partial charge in [0.15, 0.2) is 0 Å². The van der Waals surface area contributed by atoms with E-state index in [4.69, 9.17) is 4.74 Å². The van der Waals surface area contributed by atoms with E-state index in [0.717, 1.165) is 18.8 Å². The average Bonchev–Trinajstić information content (AvgIpc) is 2.60. The van der Waals surface area contributed by atoms with Crippen molar-refractivity contribution in [2.24, 2.45) is 0 Å². The molecule has 1 aromatic heterocycles. The zero-order valence-electron chi connectivity index (χ0n) is 14.2. The molecular formula is C18H24N4O2. The Morgan fingerprint density at radius 2 is 1.92 bits per heavy atom. The number of rotatable bonds is 9. The summed E-state index contributed by atoms with van der Waals surface area (Å²) in [5.41, 5.74) is 1.14. The number of hydrogen-bond donors (Lipinski definition) is 2. The molecule has 0 aliphatic heterocycles. The van der Waals surface area contributed by atoms with Crippen molar-refractivity contribution in [2.75, 3.05) is 23.8 Å². The second kappa shape index (κ2) is 9.50. The van der Waals surface area contributed by atoms with Gasteiger partial charge in [0.1, 0.15) is 18.0 Å². The minimum Gasteiger partial charge on any atom is -0.462 e. The van der Waals surface area contributed by atoms with Crippen molar-refractivity contribution in [3.05, 3.63) is 42.2 Å². The molecule has 0 aliphatic rings. The summed E-state index contributed by atoms with van der Waals surface area (Å²) in [4.78, 5) is 20.4. The molecule has 1 heterocycles. The van der Waals surface area contributed by atoms with Crippen LogP contribution in [-0.4, -0.2) is 29.1 Å². The Hall–Kier alpha value is -2.63. The largest absolute Gasteiger partial charge is 0.462 e. The second-order valence-corrected chi connectivity index (χ2v) is 5.31. The highest BCUT2D eigenvalue weighted by molar-refractivity contribution is 5.96. The third-order valence-electron chi connectivity index (χ3n) is 3.44. The van der Waals surface area contributed by atoms with Crippen LogP contribution in [0.15, 0.2) is 36.7 Å². The van der Waals surface area contributed by atoms with Crippen LogP contribution in [0.25, 0.3) is 0 Å². The van der Waals surface area contributed by atoms with Gasteiger partial charge in [0.05, 0.1) is 17.9 Å². The highest BCUT2D eigenvalue weighted by Crippen LogP contribution is 2.21. The van der Waals surface area contributed by atoms with Gasteiger partial charge in [0.25, 0.3) is 0 Å². The molecule has 0 atom stereocenters. The lowest BCUT2D eigenvalue weighted by Crippen LogP contribution is -2.09. The second-order valence-electron chi connectivity index (χ2n) is 5.31. The fourth-order valence-electron chi connectivity index (χ4n) is 2.23. The number of hydrogen-bond acceptors (Lipinski definition) is 6. The number of ether oxygens (including phenoxy) is 1. The van der Waals surface area contributed by atoms with E-state index in [1.54, 1.807) is 19.1 Å². The molecule has 0 amide bonds. The first kappa shape index (κ1) is 17.7. The Morgan fingerprint density at radius 3 is 2.71 bits per heavy atom. The van der Waals surface area contributed by atoms with Crippen LogP contribution < -0.4 is 10.6 Å². The highest BCUT2D eigenvalue weighted by atomic mass is 16.5. The van der Waals surface area contributed by atoms with E-state index in [2.05, 4.69) is 27.5 Å². The summed E-state index contributed by atoms with van der Waals surface area (Å²) in [6.07, 6.45) is 4.98. The lowest BCUT2D eigenvalue weighted by molar-refractivity contribution is 0.0527. The number of nitrogens with one attached hydrogen (secondary N) is 2. The molecule has 2 N–H and O–H groups in total. The van der Waals surface area contributed by atoms with Gasteiger partial charge in [-0.2, -0.15) is 0 Å². The van der Waals surface area contributed by atoms with Crippen LogP contribution in [0.3, 0.4) is 0 Å². The molecule has 0 radical (unpaired) electrons. The normalized spacial score (nSPS) is 10.2. The molecule has 128 valence electrons. The van der Waals surface area contributed by atoms with Gasteiger partial charge in [-0.15, -0.1) is 0 Å². The molecule has 2 aromatic rings. The Morgan fingerprint density at radius 1 is 1.12 bits per heavy atom. The molecule has 0 bridgehead atoms. The van der Waals surface area contributed by atoms with E-state index in [9.17, 15) is 4.79 Å². The van der Waals surface area contributed by atoms with Crippen LogP contribution in [0.5, 0.6) is 0 Å². The molecule has 6 heteroatoms. The summed E-state index contributed by atoms with van der Waals surface area (Å²) in [6, 6.07) is 9.04. The molecule has 1 aromatic carbocycles. The number of unbranched alkanes of at least 4 members (excludes halogenated alkanes) is 2. The van der Waals surface area contributed by atoms with E-state index in [-0.39, 0.29) is 5.97 Å². The van der Waals surface area contributed by atoms with Crippen molar-refractivity contribution in [3.8, 4) is 0 Å². The van der Waals surface area contributed by atoms with Gasteiger partial charge < -0.3 is 15.4 Å². The van der Waals surface area contributed by atoms with E-state index < -0.39 is 0 Å². The average molecular weight is 328 g/mol. The Kier molecular flexibility index (Phi) is 7.01. The van der Waals surface area contributed by atoms with Gasteiger partial charge in [-0.1, -0.05) is 31.9 Å². The van der Waals surface area contributed by atoms with Crippen LogP contribution in [0.1, 0.15) is 43.5 Å². The van der Waals surface area contributed by atoms with Crippen molar-refractivity contribution >= 4 is 23.3 Å². The minimum atomic E-state index is -0.354. The van der Waals surface area contributed by atoms with E-state index >= 15 is 0 Å². The summed E-state index contributed by atoms with van der Waals surface area (Å²) >= 11 is 0. The minimum absolute atomic E-state index is 0.340. The van der Waals surface area contributed by atoms with Crippen LogP contribution in [0.2, 0.25) is 0 Å². The SMILES string of the molecule is CCCCCNc1cc(Nc2ccccc2C(=O)OCC)ncn1. The van der Waals surface area contributed by atoms with Crippen LogP contribution in [-0.2, 0) is 4.74 Å². The molecule has 0 fully saturated rings. The first-order valence-corrected chi connectivity index (χ1v) is 8.33. The number of aromatic nitrogens is 2. The first-order valence-electron chi connectivity index (χ1n) is 8.33. The van der Waals surface area contributed by atoms with Crippen molar-refractivity contribution < 1.29 is 9.53 Å². The van der Waals surface area contributed by atoms with Gasteiger partial charge in [-0.05, 0) is 25.5 Å². The van der Waals surface area contributed by atoms with Gasteiger partial charge in [-0.3, -0.25) is 0 Å². The van der Waals surface area contributed by atoms with E-state index in [0.29, 0.717) is 23.7 Å². The molecular weight excluding hydrogens is 304 g/mol. The van der Waals surface area contributed by atoms with Crippen molar-refractivity contribution in [1.29, 1.82) is 0 Å². The number of anilines is 3. The topological polar surface area (TPSA) is 76.1 Å². The lowest BCUT2D eigenvalue weighted by Gasteiger charge is -2.11. The Bertz CT molecular complexity index is 661. The molecule has 2 rings (SSSR count). The Balaban J connectivity index is 2.07. The number of benzene rings is 1. The third-order valence-corrected chi connectivity index (χ3v) is 3.44. The zero-order chi connectivity index (χ0) is 17.2. The fourth-order valence-corrected chi connectivity index (χ4v) is 2.23. The molecule has 0 unspecified atom stereocenters. The van der Waals surface area contributed by atoms with Gasteiger partial charge in [-0.25, -0.2) is 14.8 Å². The van der Waals surface area contributed by atoms with Gasteiger partial charge in [0, 0.05) is 12.6 Å². The highest BCUT2D eigenvalue weighted by Gasteiger charge is 2.12.